The molecule has 0 aliphatic rings. The summed E-state index contributed by atoms with van der Waals surface area (Å²) in [6.07, 6.45) is 3.17. The van der Waals surface area contributed by atoms with Crippen LogP contribution in [0.15, 0.2) is 42.2 Å². The van der Waals surface area contributed by atoms with Crippen molar-refractivity contribution >= 4 is 38.3 Å². The van der Waals surface area contributed by atoms with Crippen molar-refractivity contribution < 1.29 is 0 Å². The highest BCUT2D eigenvalue weighted by atomic mass is 32.1. The number of hydrogen-bond acceptors (Lipinski definition) is 5. The minimum absolute atomic E-state index is 0.454. The molecule has 0 unspecified atom stereocenters. The Bertz CT molecular complexity index is 892. The number of benzene rings is 1. The number of nitrogen functional groups attached to an aromatic ring is 1. The average Bonchev–Trinajstić information content (AvgIpc) is 3.02. The predicted octanol–water partition coefficient (Wildman–Crippen LogP) is 2.61. The Morgan fingerprint density at radius 2 is 2.00 bits per heavy atom. The number of aromatic nitrogens is 4. The highest BCUT2D eigenvalue weighted by molar-refractivity contribution is 7.17. The monoisotopic (exact) mass is 267 g/mol. The molecule has 0 bridgehead atoms. The summed E-state index contributed by atoms with van der Waals surface area (Å²) in [7, 11) is 0. The zero-order valence-electron chi connectivity index (χ0n) is 9.82. The van der Waals surface area contributed by atoms with Gasteiger partial charge in [-0.3, -0.25) is 0 Å². The van der Waals surface area contributed by atoms with Gasteiger partial charge in [0.15, 0.2) is 5.65 Å². The summed E-state index contributed by atoms with van der Waals surface area (Å²) in [6.45, 7) is 0. The van der Waals surface area contributed by atoms with Gasteiger partial charge in [-0.2, -0.15) is 5.10 Å². The van der Waals surface area contributed by atoms with Crippen molar-refractivity contribution in [1.29, 1.82) is 0 Å². The number of rotatable bonds is 1. The van der Waals surface area contributed by atoms with Crippen molar-refractivity contribution in [3.63, 3.8) is 0 Å². The fourth-order valence-electron chi connectivity index (χ4n) is 2.17. The molecule has 0 aliphatic heterocycles. The quantitative estimate of drug-likeness (QED) is 0.575. The molecular formula is C13H9N5S. The van der Waals surface area contributed by atoms with Crippen LogP contribution >= 0.6 is 11.3 Å². The highest BCUT2D eigenvalue weighted by Gasteiger charge is 2.12. The molecule has 0 saturated heterocycles. The van der Waals surface area contributed by atoms with E-state index >= 15 is 0 Å². The van der Waals surface area contributed by atoms with Gasteiger partial charge in [-0.25, -0.2) is 14.6 Å². The van der Waals surface area contributed by atoms with Gasteiger partial charge in [-0.15, -0.1) is 11.3 Å². The lowest BCUT2D eigenvalue weighted by Gasteiger charge is -2.01. The van der Waals surface area contributed by atoms with Crippen LogP contribution in [0, 0.1) is 0 Å². The molecule has 5 nitrogen and oxygen atoms in total. The molecule has 3 heterocycles. The van der Waals surface area contributed by atoms with Crippen molar-refractivity contribution in [1.82, 2.24) is 19.7 Å². The van der Waals surface area contributed by atoms with Gasteiger partial charge in [0.05, 0.1) is 17.3 Å². The molecule has 0 amide bonds. The van der Waals surface area contributed by atoms with Crippen LogP contribution in [-0.2, 0) is 0 Å². The molecule has 1 aromatic carbocycles. The number of nitrogens with two attached hydrogens (primary N) is 1. The summed E-state index contributed by atoms with van der Waals surface area (Å²) in [5.41, 5.74) is 7.59. The number of hydrogen-bond donors (Lipinski definition) is 1. The fraction of sp³-hybridized carbons (Fsp3) is 0. The molecule has 92 valence electrons. The van der Waals surface area contributed by atoms with Crippen molar-refractivity contribution in [3.8, 4) is 5.69 Å². The third-order valence-corrected chi connectivity index (χ3v) is 4.04. The maximum atomic E-state index is 5.83. The second-order valence-corrected chi connectivity index (χ2v) is 5.08. The smallest absolute Gasteiger partial charge is 0.168 e. The zero-order valence-corrected chi connectivity index (χ0v) is 10.6. The van der Waals surface area contributed by atoms with E-state index in [1.807, 2.05) is 16.8 Å². The fourth-order valence-corrected chi connectivity index (χ4v) is 3.09. The van der Waals surface area contributed by atoms with Gasteiger partial charge in [-0.1, -0.05) is 18.2 Å². The van der Waals surface area contributed by atoms with E-state index in [1.54, 1.807) is 17.5 Å². The minimum atomic E-state index is 0.454. The van der Waals surface area contributed by atoms with Crippen LogP contribution < -0.4 is 5.73 Å². The van der Waals surface area contributed by atoms with Crippen LogP contribution in [0.4, 0.5) is 5.82 Å². The first kappa shape index (κ1) is 10.5. The largest absolute Gasteiger partial charge is 0.383 e. The molecule has 0 fully saturated rings. The van der Waals surface area contributed by atoms with Gasteiger partial charge in [0.1, 0.15) is 12.1 Å². The Balaban J connectivity index is 2.07. The van der Waals surface area contributed by atoms with Crippen LogP contribution in [0.1, 0.15) is 0 Å². The van der Waals surface area contributed by atoms with Crippen LogP contribution in [0.25, 0.3) is 26.8 Å². The van der Waals surface area contributed by atoms with Crippen LogP contribution in [0.5, 0.6) is 0 Å². The molecule has 0 spiro atoms. The highest BCUT2D eigenvalue weighted by Crippen LogP contribution is 2.30. The molecule has 4 aromatic rings. The van der Waals surface area contributed by atoms with Crippen LogP contribution in [0.3, 0.4) is 0 Å². The lowest BCUT2D eigenvalue weighted by atomic mass is 10.2. The van der Waals surface area contributed by atoms with E-state index in [0.29, 0.717) is 5.82 Å². The Kier molecular flexibility index (Phi) is 2.07. The third kappa shape index (κ3) is 1.43. The Hall–Kier alpha value is -2.47. The molecule has 2 N–H and O–H groups in total. The summed E-state index contributed by atoms with van der Waals surface area (Å²) in [6, 6.07) is 8.23. The Morgan fingerprint density at radius 1 is 1.11 bits per heavy atom. The second-order valence-electron chi connectivity index (χ2n) is 4.17. The van der Waals surface area contributed by atoms with Gasteiger partial charge in [0.2, 0.25) is 0 Å². The molecule has 0 aliphatic carbocycles. The molecule has 0 saturated carbocycles. The molecule has 19 heavy (non-hydrogen) atoms. The minimum Gasteiger partial charge on any atom is -0.383 e. The van der Waals surface area contributed by atoms with Crippen LogP contribution in [0.2, 0.25) is 0 Å². The van der Waals surface area contributed by atoms with Crippen molar-refractivity contribution in [3.05, 3.63) is 42.2 Å². The van der Waals surface area contributed by atoms with Gasteiger partial charge >= 0.3 is 0 Å². The summed E-state index contributed by atoms with van der Waals surface area (Å²) in [5, 5.41) is 8.41. The van der Waals surface area contributed by atoms with E-state index in [2.05, 4.69) is 32.6 Å². The summed E-state index contributed by atoms with van der Waals surface area (Å²) in [5.74, 6) is 0.454. The summed E-state index contributed by atoms with van der Waals surface area (Å²) < 4.78 is 3.04. The van der Waals surface area contributed by atoms with E-state index in [-0.39, 0.29) is 0 Å². The second kappa shape index (κ2) is 3.76. The number of fused-ring (bicyclic) bond motifs is 2. The zero-order chi connectivity index (χ0) is 12.8. The first-order chi connectivity index (χ1) is 9.34. The maximum absolute atomic E-state index is 5.83. The first-order valence-electron chi connectivity index (χ1n) is 5.75. The lowest BCUT2D eigenvalue weighted by Crippen LogP contribution is -1.98. The lowest BCUT2D eigenvalue weighted by molar-refractivity contribution is 0.905. The van der Waals surface area contributed by atoms with Crippen molar-refractivity contribution in [2.75, 3.05) is 5.73 Å². The number of anilines is 1. The van der Waals surface area contributed by atoms with Crippen molar-refractivity contribution in [2.24, 2.45) is 0 Å². The summed E-state index contributed by atoms with van der Waals surface area (Å²) >= 11 is 1.69. The first-order valence-corrected chi connectivity index (χ1v) is 6.63. The molecule has 6 heteroatoms. The number of nitrogens with zero attached hydrogens (tertiary/aromatic N) is 4. The third-order valence-electron chi connectivity index (χ3n) is 3.09. The average molecular weight is 267 g/mol. The van der Waals surface area contributed by atoms with E-state index in [9.17, 15) is 0 Å². The SMILES string of the molecule is Nc1ncnc2c1cnn2-c1csc2ccccc12. The normalized spacial score (nSPS) is 11.4. The Labute approximate surface area is 112 Å². The number of thiophene rings is 1. The van der Waals surface area contributed by atoms with Gasteiger partial charge in [0, 0.05) is 15.5 Å². The predicted molar refractivity (Wildman–Crippen MR) is 76.5 cm³/mol. The van der Waals surface area contributed by atoms with Gasteiger partial charge < -0.3 is 5.73 Å². The van der Waals surface area contributed by atoms with E-state index < -0.39 is 0 Å². The maximum Gasteiger partial charge on any atom is 0.168 e. The molecule has 0 atom stereocenters. The standard InChI is InChI=1S/C13H9N5S/c14-12-9-5-17-18(13(9)16-7-15-12)10-6-19-11-4-2-1-3-8(10)11/h1-7H,(H2,14,15,16). The van der Waals surface area contributed by atoms with Gasteiger partial charge in [0.25, 0.3) is 0 Å². The van der Waals surface area contributed by atoms with Crippen LogP contribution in [-0.4, -0.2) is 19.7 Å². The van der Waals surface area contributed by atoms with E-state index in [1.165, 1.54) is 11.0 Å². The topological polar surface area (TPSA) is 69.6 Å². The molecule has 0 radical (unpaired) electrons. The Morgan fingerprint density at radius 3 is 2.95 bits per heavy atom. The molecule has 3 aromatic heterocycles. The van der Waals surface area contributed by atoms with E-state index in [4.69, 9.17) is 5.73 Å². The van der Waals surface area contributed by atoms with Crippen molar-refractivity contribution in [2.45, 2.75) is 0 Å². The van der Waals surface area contributed by atoms with Gasteiger partial charge in [-0.05, 0) is 6.07 Å². The molecular weight excluding hydrogens is 258 g/mol. The van der Waals surface area contributed by atoms with E-state index in [0.717, 1.165) is 22.1 Å². The molecule has 4 rings (SSSR count). The summed E-state index contributed by atoms with van der Waals surface area (Å²) in [4.78, 5) is 8.26.